The Morgan fingerprint density at radius 1 is 1.28 bits per heavy atom. The molecule has 1 aliphatic heterocycles. The fourth-order valence-electron chi connectivity index (χ4n) is 3.06. The maximum atomic E-state index is 12.7. The molecule has 1 aromatic rings. The number of benzene rings is 1. The van der Waals surface area contributed by atoms with Gasteiger partial charge in [-0.1, -0.05) is 25.5 Å². The van der Waals surface area contributed by atoms with Crippen molar-refractivity contribution in [1.29, 1.82) is 0 Å². The average Bonchev–Trinajstić information content (AvgIpc) is 3.04. The van der Waals surface area contributed by atoms with Crippen molar-refractivity contribution in [3.05, 3.63) is 29.8 Å². The molecule has 10 heteroatoms. The summed E-state index contributed by atoms with van der Waals surface area (Å²) in [4.78, 5) is 38.2. The third-order valence-electron chi connectivity index (χ3n) is 4.53. The lowest BCUT2D eigenvalue weighted by atomic mass is 10.2. The highest BCUT2D eigenvalue weighted by Crippen LogP contribution is 2.23. The van der Waals surface area contributed by atoms with Crippen LogP contribution in [0, 0.1) is 0 Å². The van der Waals surface area contributed by atoms with Gasteiger partial charge in [0, 0.05) is 17.5 Å². The van der Waals surface area contributed by atoms with Crippen LogP contribution in [0.5, 0.6) is 0 Å². The van der Waals surface area contributed by atoms with Gasteiger partial charge in [0.15, 0.2) is 16.4 Å². The third-order valence-corrected chi connectivity index (χ3v) is 7.37. The molecule has 1 saturated heterocycles. The van der Waals surface area contributed by atoms with E-state index in [0.29, 0.717) is 17.9 Å². The van der Waals surface area contributed by atoms with Gasteiger partial charge >= 0.3 is 5.97 Å². The molecule has 0 aliphatic carbocycles. The summed E-state index contributed by atoms with van der Waals surface area (Å²) in [6, 6.07) is 6.22. The van der Waals surface area contributed by atoms with Crippen LogP contribution in [0.4, 0.5) is 0 Å². The molecule has 1 fully saturated rings. The topological polar surface area (TPSA) is 124 Å². The molecular formula is C19H26N2O6S2. The van der Waals surface area contributed by atoms with Crippen molar-refractivity contribution in [2.24, 2.45) is 5.73 Å². The minimum atomic E-state index is -3.13. The summed E-state index contributed by atoms with van der Waals surface area (Å²) >= 11 is 1.12. The predicted molar refractivity (Wildman–Crippen MR) is 110 cm³/mol. The summed E-state index contributed by atoms with van der Waals surface area (Å²) in [5, 5.41) is 0. The largest absolute Gasteiger partial charge is 0.452 e. The molecule has 29 heavy (non-hydrogen) atoms. The number of esters is 1. The van der Waals surface area contributed by atoms with E-state index in [4.69, 9.17) is 10.5 Å². The average molecular weight is 443 g/mol. The summed E-state index contributed by atoms with van der Waals surface area (Å²) in [5.41, 5.74) is 5.39. The number of ether oxygens (including phenoxy) is 1. The number of primary amides is 1. The second kappa shape index (κ2) is 10.6. The molecule has 0 saturated carbocycles. The Hall–Kier alpha value is -2.07. The van der Waals surface area contributed by atoms with Crippen LogP contribution >= 0.6 is 11.8 Å². The third kappa shape index (κ3) is 7.04. The first-order valence-corrected chi connectivity index (χ1v) is 12.2. The summed E-state index contributed by atoms with van der Waals surface area (Å²) in [7, 11) is -3.13. The van der Waals surface area contributed by atoms with E-state index in [-0.39, 0.29) is 28.9 Å². The molecule has 1 aliphatic rings. The Bertz CT molecular complexity index is 856. The van der Waals surface area contributed by atoms with Crippen molar-refractivity contribution in [1.82, 2.24) is 4.90 Å². The van der Waals surface area contributed by atoms with Crippen LogP contribution < -0.4 is 5.73 Å². The van der Waals surface area contributed by atoms with Gasteiger partial charge in [-0.05, 0) is 25.0 Å². The number of hydrogen-bond donors (Lipinski definition) is 1. The van der Waals surface area contributed by atoms with Gasteiger partial charge in [-0.25, -0.2) is 13.2 Å². The quantitative estimate of drug-likeness (QED) is 0.427. The molecule has 2 rings (SSSR count). The maximum Gasteiger partial charge on any atom is 0.339 e. The van der Waals surface area contributed by atoms with E-state index in [9.17, 15) is 22.8 Å². The van der Waals surface area contributed by atoms with Crippen molar-refractivity contribution in [2.75, 3.05) is 30.4 Å². The molecule has 1 heterocycles. The first-order valence-electron chi connectivity index (χ1n) is 9.40. The zero-order valence-corrected chi connectivity index (χ0v) is 18.0. The number of hydrogen-bond acceptors (Lipinski definition) is 7. The van der Waals surface area contributed by atoms with Gasteiger partial charge in [-0.15, -0.1) is 11.8 Å². The summed E-state index contributed by atoms with van der Waals surface area (Å²) in [5.74, 6) is -1.56. The van der Waals surface area contributed by atoms with Crippen LogP contribution in [0.1, 0.15) is 36.5 Å². The summed E-state index contributed by atoms with van der Waals surface area (Å²) in [6.45, 7) is 1.95. The lowest BCUT2D eigenvalue weighted by Crippen LogP contribution is -2.43. The van der Waals surface area contributed by atoms with Crippen LogP contribution in [0.2, 0.25) is 0 Å². The van der Waals surface area contributed by atoms with E-state index in [2.05, 4.69) is 0 Å². The van der Waals surface area contributed by atoms with Gasteiger partial charge in [-0.2, -0.15) is 0 Å². The molecule has 0 aromatic heterocycles. The van der Waals surface area contributed by atoms with Crippen molar-refractivity contribution >= 4 is 39.4 Å². The van der Waals surface area contributed by atoms with Gasteiger partial charge in [0.25, 0.3) is 5.91 Å². The molecule has 160 valence electrons. The van der Waals surface area contributed by atoms with Gasteiger partial charge in [-0.3, -0.25) is 9.59 Å². The Labute approximate surface area is 175 Å². The Balaban J connectivity index is 2.02. The minimum absolute atomic E-state index is 0.0180. The van der Waals surface area contributed by atoms with Crippen molar-refractivity contribution in [3.8, 4) is 0 Å². The number of amides is 2. The molecule has 2 N–H and O–H groups in total. The summed E-state index contributed by atoms with van der Waals surface area (Å²) in [6.07, 6.45) is 1.99. The fraction of sp³-hybridized carbons (Fsp3) is 0.526. The minimum Gasteiger partial charge on any atom is -0.452 e. The number of thioether (sulfide) groups is 1. The highest BCUT2D eigenvalue weighted by molar-refractivity contribution is 8.00. The molecule has 1 atom stereocenters. The number of rotatable bonds is 10. The normalized spacial score (nSPS) is 17.6. The SMILES string of the molecule is CCCCN(C(=O)COC(=O)c1ccccc1SCC(N)=O)C1CCS(=O)(=O)C1. The zero-order chi connectivity index (χ0) is 21.4. The molecule has 0 radical (unpaired) electrons. The number of unbranched alkanes of at least 4 members (excludes halogenated alkanes) is 1. The predicted octanol–water partition coefficient (Wildman–Crippen LogP) is 1.24. The Morgan fingerprint density at radius 2 is 2.00 bits per heavy atom. The number of carbonyl (C=O) groups excluding carboxylic acids is 3. The van der Waals surface area contributed by atoms with E-state index >= 15 is 0 Å². The van der Waals surface area contributed by atoms with E-state index < -0.39 is 34.2 Å². The van der Waals surface area contributed by atoms with Crippen LogP contribution in [0.25, 0.3) is 0 Å². The molecule has 2 amide bonds. The standard InChI is InChI=1S/C19H26N2O6S2/c1-2-3-9-21(14-8-10-29(25,26)13-14)18(23)11-27-19(24)15-6-4-5-7-16(15)28-12-17(20)22/h4-7,14H,2-3,8-13H2,1H3,(H2,20,22). The summed E-state index contributed by atoms with van der Waals surface area (Å²) < 4.78 is 28.8. The first kappa shape index (κ1) is 23.2. The van der Waals surface area contributed by atoms with Crippen molar-refractivity contribution in [2.45, 2.75) is 37.1 Å². The lowest BCUT2D eigenvalue weighted by Gasteiger charge is -2.28. The molecule has 1 unspecified atom stereocenters. The lowest BCUT2D eigenvalue weighted by molar-refractivity contribution is -0.136. The fourth-order valence-corrected chi connectivity index (χ4v) is 5.57. The van der Waals surface area contributed by atoms with Gasteiger partial charge in [0.05, 0.1) is 22.8 Å². The number of nitrogens with two attached hydrogens (primary N) is 1. The van der Waals surface area contributed by atoms with Gasteiger partial charge < -0.3 is 15.4 Å². The van der Waals surface area contributed by atoms with Gasteiger partial charge in [0.1, 0.15) is 0 Å². The van der Waals surface area contributed by atoms with E-state index in [1.165, 1.54) is 4.90 Å². The highest BCUT2D eigenvalue weighted by Gasteiger charge is 2.34. The van der Waals surface area contributed by atoms with E-state index in [1.807, 2.05) is 6.92 Å². The van der Waals surface area contributed by atoms with Crippen molar-refractivity contribution < 1.29 is 27.5 Å². The zero-order valence-electron chi connectivity index (χ0n) is 16.3. The monoisotopic (exact) mass is 442 g/mol. The number of sulfone groups is 1. The molecule has 0 spiro atoms. The van der Waals surface area contributed by atoms with Crippen LogP contribution in [0.15, 0.2) is 29.2 Å². The van der Waals surface area contributed by atoms with Crippen LogP contribution in [-0.2, 0) is 24.2 Å². The van der Waals surface area contributed by atoms with E-state index in [0.717, 1.165) is 24.6 Å². The first-order chi connectivity index (χ1) is 13.7. The number of nitrogens with zero attached hydrogens (tertiary/aromatic N) is 1. The maximum absolute atomic E-state index is 12.7. The Morgan fingerprint density at radius 3 is 2.62 bits per heavy atom. The highest BCUT2D eigenvalue weighted by atomic mass is 32.2. The Kier molecular flexibility index (Phi) is 8.51. The molecule has 8 nitrogen and oxygen atoms in total. The van der Waals surface area contributed by atoms with Crippen LogP contribution in [-0.4, -0.2) is 67.6 Å². The number of carbonyl (C=O) groups is 3. The van der Waals surface area contributed by atoms with Crippen molar-refractivity contribution in [3.63, 3.8) is 0 Å². The smallest absolute Gasteiger partial charge is 0.339 e. The van der Waals surface area contributed by atoms with E-state index in [1.54, 1.807) is 24.3 Å². The molecular weight excluding hydrogens is 416 g/mol. The molecule has 1 aromatic carbocycles. The second-order valence-electron chi connectivity index (χ2n) is 6.82. The second-order valence-corrected chi connectivity index (χ2v) is 10.1. The van der Waals surface area contributed by atoms with Gasteiger partial charge in [0.2, 0.25) is 5.91 Å². The van der Waals surface area contributed by atoms with Crippen LogP contribution in [0.3, 0.4) is 0 Å². The molecule has 0 bridgehead atoms.